The summed E-state index contributed by atoms with van der Waals surface area (Å²) in [4.78, 5) is 0. The molecular weight excluding hydrogens is 239 g/mol. The van der Waals surface area contributed by atoms with Gasteiger partial charge in [-0.15, -0.1) is 0 Å². The normalized spacial score (nSPS) is 12.2. The molecule has 2 aromatic carbocycles. The van der Waals surface area contributed by atoms with Crippen LogP contribution in [-0.2, 0) is 0 Å². The van der Waals surface area contributed by atoms with Gasteiger partial charge in [-0.2, -0.15) is 0 Å². The fourth-order valence-corrected chi connectivity index (χ4v) is 2.23. The predicted octanol–water partition coefficient (Wildman–Crippen LogP) is 3.55. The summed E-state index contributed by atoms with van der Waals surface area (Å²) < 4.78 is 12.9. The van der Waals surface area contributed by atoms with Gasteiger partial charge in [-0.3, -0.25) is 0 Å². The second kappa shape index (κ2) is 5.85. The highest BCUT2D eigenvalue weighted by molar-refractivity contribution is 5.47. The zero-order chi connectivity index (χ0) is 13.8. The van der Waals surface area contributed by atoms with Gasteiger partial charge in [0.05, 0.1) is 6.04 Å². The highest BCUT2D eigenvalue weighted by Gasteiger charge is 2.12. The quantitative estimate of drug-likeness (QED) is 0.880. The molecule has 3 heteroatoms. The Bertz CT molecular complexity index is 549. The molecule has 0 fully saturated rings. The summed E-state index contributed by atoms with van der Waals surface area (Å²) in [5.74, 6) is -0.235. The van der Waals surface area contributed by atoms with E-state index in [1.165, 1.54) is 28.8 Å². The number of hydrogen-bond donors (Lipinski definition) is 2. The van der Waals surface area contributed by atoms with Crippen LogP contribution in [0.15, 0.2) is 42.5 Å². The summed E-state index contributed by atoms with van der Waals surface area (Å²) in [5.41, 5.74) is 10.4. The Kier molecular flexibility index (Phi) is 4.17. The minimum atomic E-state index is -0.235. The minimum Gasteiger partial charge on any atom is -0.377 e. The molecule has 0 aliphatic rings. The second-order valence-corrected chi connectivity index (χ2v) is 4.80. The van der Waals surface area contributed by atoms with Crippen LogP contribution >= 0.6 is 0 Å². The lowest BCUT2D eigenvalue weighted by molar-refractivity contribution is 0.628. The smallest absolute Gasteiger partial charge is 0.123 e. The Morgan fingerprint density at radius 2 is 1.79 bits per heavy atom. The molecule has 0 bridgehead atoms. The van der Waals surface area contributed by atoms with E-state index in [9.17, 15) is 4.39 Å². The average Bonchev–Trinajstić information content (AvgIpc) is 2.39. The van der Waals surface area contributed by atoms with E-state index >= 15 is 0 Å². The largest absolute Gasteiger partial charge is 0.377 e. The van der Waals surface area contributed by atoms with Crippen molar-refractivity contribution in [3.63, 3.8) is 0 Å². The number of anilines is 1. The minimum absolute atomic E-state index is 0.0334. The van der Waals surface area contributed by atoms with E-state index in [4.69, 9.17) is 5.73 Å². The van der Waals surface area contributed by atoms with Crippen molar-refractivity contribution in [1.82, 2.24) is 0 Å². The number of aryl methyl sites for hydroxylation is 2. The van der Waals surface area contributed by atoms with Gasteiger partial charge in [0.25, 0.3) is 0 Å². The van der Waals surface area contributed by atoms with Gasteiger partial charge in [-0.25, -0.2) is 4.39 Å². The number of halogens is 1. The number of rotatable bonds is 4. The van der Waals surface area contributed by atoms with E-state index in [1.54, 1.807) is 12.1 Å². The van der Waals surface area contributed by atoms with Crippen molar-refractivity contribution in [1.29, 1.82) is 0 Å². The van der Waals surface area contributed by atoms with Crippen LogP contribution in [0.3, 0.4) is 0 Å². The fourth-order valence-electron chi connectivity index (χ4n) is 2.23. The van der Waals surface area contributed by atoms with Crippen molar-refractivity contribution in [2.24, 2.45) is 5.73 Å². The predicted molar refractivity (Wildman–Crippen MR) is 77.7 cm³/mol. The van der Waals surface area contributed by atoms with E-state index in [0.29, 0.717) is 6.54 Å². The standard InChI is InChI=1S/C16H19FN2/c1-11-3-8-15(12(2)9-11)16(10-18)19-14-6-4-13(17)5-7-14/h3-9,16,19H,10,18H2,1-2H3. The molecule has 3 N–H and O–H groups in total. The number of nitrogens with one attached hydrogen (secondary N) is 1. The van der Waals surface area contributed by atoms with Crippen LogP contribution in [0.1, 0.15) is 22.7 Å². The number of nitrogens with two attached hydrogens (primary N) is 1. The molecule has 1 unspecified atom stereocenters. The first-order chi connectivity index (χ1) is 9.10. The molecule has 0 spiro atoms. The van der Waals surface area contributed by atoms with Gasteiger partial charge >= 0.3 is 0 Å². The highest BCUT2D eigenvalue weighted by atomic mass is 19.1. The fraction of sp³-hybridized carbons (Fsp3) is 0.250. The summed E-state index contributed by atoms with van der Waals surface area (Å²) in [6.45, 7) is 4.64. The van der Waals surface area contributed by atoms with Gasteiger partial charge in [-0.1, -0.05) is 23.8 Å². The molecule has 1 atom stereocenters. The van der Waals surface area contributed by atoms with Crippen molar-refractivity contribution in [2.45, 2.75) is 19.9 Å². The summed E-state index contributed by atoms with van der Waals surface area (Å²) >= 11 is 0. The molecule has 0 heterocycles. The summed E-state index contributed by atoms with van der Waals surface area (Å²) in [6, 6.07) is 12.7. The summed E-state index contributed by atoms with van der Waals surface area (Å²) in [6.07, 6.45) is 0. The van der Waals surface area contributed by atoms with Gasteiger partial charge in [0, 0.05) is 12.2 Å². The van der Waals surface area contributed by atoms with E-state index in [1.807, 2.05) is 0 Å². The molecule has 2 aromatic rings. The first-order valence-electron chi connectivity index (χ1n) is 6.39. The Morgan fingerprint density at radius 1 is 1.11 bits per heavy atom. The van der Waals surface area contributed by atoms with Crippen LogP contribution in [-0.4, -0.2) is 6.54 Å². The van der Waals surface area contributed by atoms with Crippen LogP contribution in [0.25, 0.3) is 0 Å². The Balaban J connectivity index is 2.22. The Labute approximate surface area is 113 Å². The third-order valence-electron chi connectivity index (χ3n) is 3.22. The van der Waals surface area contributed by atoms with Crippen molar-refractivity contribution >= 4 is 5.69 Å². The highest BCUT2D eigenvalue weighted by Crippen LogP contribution is 2.22. The lowest BCUT2D eigenvalue weighted by atomic mass is 9.99. The SMILES string of the molecule is Cc1ccc(C(CN)Nc2ccc(F)cc2)c(C)c1. The molecule has 0 aliphatic carbocycles. The number of benzene rings is 2. The lowest BCUT2D eigenvalue weighted by Gasteiger charge is -2.21. The summed E-state index contributed by atoms with van der Waals surface area (Å²) in [5, 5.41) is 3.34. The second-order valence-electron chi connectivity index (χ2n) is 4.80. The van der Waals surface area contributed by atoms with Crippen molar-refractivity contribution in [3.05, 3.63) is 65.0 Å². The third-order valence-corrected chi connectivity index (χ3v) is 3.22. The maximum Gasteiger partial charge on any atom is 0.123 e. The van der Waals surface area contributed by atoms with Crippen molar-refractivity contribution in [2.75, 3.05) is 11.9 Å². The van der Waals surface area contributed by atoms with Crippen LogP contribution in [0.5, 0.6) is 0 Å². The molecule has 0 saturated heterocycles. The van der Waals surface area contributed by atoms with Crippen LogP contribution in [0, 0.1) is 19.7 Å². The van der Waals surface area contributed by atoms with Gasteiger partial charge < -0.3 is 11.1 Å². The van der Waals surface area contributed by atoms with Gasteiger partial charge in [-0.05, 0) is 49.2 Å². The first kappa shape index (κ1) is 13.6. The first-order valence-corrected chi connectivity index (χ1v) is 6.39. The van der Waals surface area contributed by atoms with E-state index < -0.39 is 0 Å². The van der Waals surface area contributed by atoms with E-state index in [0.717, 1.165) is 5.69 Å². The topological polar surface area (TPSA) is 38.0 Å². The number of hydrogen-bond acceptors (Lipinski definition) is 2. The van der Waals surface area contributed by atoms with Crippen molar-refractivity contribution < 1.29 is 4.39 Å². The summed E-state index contributed by atoms with van der Waals surface area (Å²) in [7, 11) is 0. The molecular formula is C16H19FN2. The van der Waals surface area contributed by atoms with Crippen LogP contribution in [0.4, 0.5) is 10.1 Å². The molecule has 2 rings (SSSR count). The van der Waals surface area contributed by atoms with Crippen LogP contribution < -0.4 is 11.1 Å². The molecule has 0 aromatic heterocycles. The lowest BCUT2D eigenvalue weighted by Crippen LogP contribution is -2.21. The molecule has 100 valence electrons. The van der Waals surface area contributed by atoms with Gasteiger partial charge in [0.15, 0.2) is 0 Å². The van der Waals surface area contributed by atoms with Gasteiger partial charge in [0.1, 0.15) is 5.82 Å². The van der Waals surface area contributed by atoms with Crippen LogP contribution in [0.2, 0.25) is 0 Å². The Hall–Kier alpha value is -1.87. The van der Waals surface area contributed by atoms with Gasteiger partial charge in [0.2, 0.25) is 0 Å². The molecule has 0 aliphatic heterocycles. The molecule has 0 amide bonds. The third kappa shape index (κ3) is 3.32. The average molecular weight is 258 g/mol. The zero-order valence-corrected chi connectivity index (χ0v) is 11.3. The van der Waals surface area contributed by atoms with Crippen molar-refractivity contribution in [3.8, 4) is 0 Å². The zero-order valence-electron chi connectivity index (χ0n) is 11.3. The van der Waals surface area contributed by atoms with E-state index in [2.05, 4.69) is 37.4 Å². The maximum absolute atomic E-state index is 12.9. The maximum atomic E-state index is 12.9. The molecule has 2 nitrogen and oxygen atoms in total. The molecule has 0 saturated carbocycles. The molecule has 0 radical (unpaired) electrons. The Morgan fingerprint density at radius 3 is 2.37 bits per heavy atom. The monoisotopic (exact) mass is 258 g/mol. The molecule has 19 heavy (non-hydrogen) atoms. The van der Waals surface area contributed by atoms with E-state index in [-0.39, 0.29) is 11.9 Å².